The number of benzene rings is 3. The predicted octanol–water partition coefficient (Wildman–Crippen LogP) is 4.75. The third kappa shape index (κ3) is 4.15. The van der Waals surface area contributed by atoms with E-state index in [-0.39, 0.29) is 28.7 Å². The van der Waals surface area contributed by atoms with Crippen molar-refractivity contribution >= 4 is 27.2 Å². The summed E-state index contributed by atoms with van der Waals surface area (Å²) < 4.78 is 42.4. The zero-order valence-corrected chi connectivity index (χ0v) is 17.7. The summed E-state index contributed by atoms with van der Waals surface area (Å²) >= 11 is 0. The molecule has 0 radical (unpaired) electrons. The van der Waals surface area contributed by atoms with Gasteiger partial charge in [0.25, 0.3) is 0 Å². The van der Waals surface area contributed by atoms with Gasteiger partial charge < -0.3 is 13.3 Å². The van der Waals surface area contributed by atoms with Crippen molar-refractivity contribution in [2.24, 2.45) is 0 Å². The second kappa shape index (κ2) is 8.23. The topological polar surface area (TPSA) is 95.7 Å². The predicted molar refractivity (Wildman–Crippen MR) is 114 cm³/mol. The standard InChI is InChI=1S/C23H19NO6S/c1-3-28-23(25)16-8-4-7-11-21(16)31(26,27)30-19-13-12-15(2)14-17(19)22-24-18-9-5-6-10-20(18)29-22/h4-14H,3H2,1-2H3. The molecule has 0 amide bonds. The summed E-state index contributed by atoms with van der Waals surface area (Å²) in [5.74, 6) is -0.474. The quantitative estimate of drug-likeness (QED) is 0.317. The van der Waals surface area contributed by atoms with Gasteiger partial charge in [0, 0.05) is 0 Å². The molecule has 3 aromatic carbocycles. The van der Waals surface area contributed by atoms with E-state index < -0.39 is 16.1 Å². The summed E-state index contributed by atoms with van der Waals surface area (Å²) in [4.78, 5) is 16.4. The Morgan fingerprint density at radius 2 is 1.77 bits per heavy atom. The van der Waals surface area contributed by atoms with Crippen LogP contribution < -0.4 is 4.18 Å². The lowest BCUT2D eigenvalue weighted by Crippen LogP contribution is -2.16. The smallest absolute Gasteiger partial charge is 0.340 e. The van der Waals surface area contributed by atoms with Crippen LogP contribution in [0.4, 0.5) is 0 Å². The van der Waals surface area contributed by atoms with Crippen LogP contribution in [-0.2, 0) is 14.9 Å². The number of ether oxygens (including phenoxy) is 1. The lowest BCUT2D eigenvalue weighted by molar-refractivity contribution is 0.0521. The van der Waals surface area contributed by atoms with Crippen LogP contribution in [0.2, 0.25) is 0 Å². The molecule has 0 saturated carbocycles. The summed E-state index contributed by atoms with van der Waals surface area (Å²) in [5, 5.41) is 0. The summed E-state index contributed by atoms with van der Waals surface area (Å²) in [6, 6.07) is 17.9. The van der Waals surface area contributed by atoms with Crippen molar-refractivity contribution in [3.8, 4) is 17.2 Å². The monoisotopic (exact) mass is 437 g/mol. The first-order valence-corrected chi connectivity index (χ1v) is 11.0. The molecule has 1 aromatic heterocycles. The molecule has 0 saturated heterocycles. The molecule has 1 heterocycles. The molecule has 0 atom stereocenters. The summed E-state index contributed by atoms with van der Waals surface area (Å²) in [6.45, 7) is 3.62. The Kier molecular flexibility index (Phi) is 5.48. The van der Waals surface area contributed by atoms with E-state index in [1.165, 1.54) is 24.3 Å². The zero-order valence-electron chi connectivity index (χ0n) is 16.9. The molecule has 4 aromatic rings. The molecule has 0 aliphatic heterocycles. The second-order valence-electron chi connectivity index (χ2n) is 6.74. The van der Waals surface area contributed by atoms with E-state index in [0.29, 0.717) is 16.7 Å². The molecule has 0 unspecified atom stereocenters. The molecule has 4 rings (SSSR count). The van der Waals surface area contributed by atoms with Gasteiger partial charge in [0.2, 0.25) is 5.89 Å². The van der Waals surface area contributed by atoms with Gasteiger partial charge >= 0.3 is 16.1 Å². The maximum Gasteiger partial charge on any atom is 0.340 e. The van der Waals surface area contributed by atoms with Crippen LogP contribution in [0.25, 0.3) is 22.6 Å². The average molecular weight is 437 g/mol. The van der Waals surface area contributed by atoms with Gasteiger partial charge in [0.05, 0.1) is 17.7 Å². The lowest BCUT2D eigenvalue weighted by atomic mass is 10.1. The highest BCUT2D eigenvalue weighted by Crippen LogP contribution is 2.34. The van der Waals surface area contributed by atoms with E-state index in [1.807, 2.05) is 19.1 Å². The van der Waals surface area contributed by atoms with Crippen LogP contribution in [0.3, 0.4) is 0 Å². The number of carbonyl (C=O) groups excluding carboxylic acids is 1. The van der Waals surface area contributed by atoms with E-state index >= 15 is 0 Å². The Morgan fingerprint density at radius 3 is 2.55 bits per heavy atom. The number of oxazole rings is 1. The van der Waals surface area contributed by atoms with Crippen LogP contribution >= 0.6 is 0 Å². The Bertz CT molecular complexity index is 1340. The number of fused-ring (bicyclic) bond motifs is 1. The Labute approximate surface area is 179 Å². The van der Waals surface area contributed by atoms with Crippen LogP contribution in [0.5, 0.6) is 5.75 Å². The number of hydrogen-bond acceptors (Lipinski definition) is 7. The lowest BCUT2D eigenvalue weighted by Gasteiger charge is -2.13. The van der Waals surface area contributed by atoms with Gasteiger partial charge in [0.1, 0.15) is 10.4 Å². The van der Waals surface area contributed by atoms with Gasteiger partial charge in [-0.1, -0.05) is 35.9 Å². The number of para-hydroxylation sites is 2. The van der Waals surface area contributed by atoms with E-state index in [4.69, 9.17) is 13.3 Å². The molecule has 7 nitrogen and oxygen atoms in total. The third-order valence-corrected chi connectivity index (χ3v) is 5.80. The van der Waals surface area contributed by atoms with Gasteiger partial charge in [-0.15, -0.1) is 0 Å². The summed E-state index contributed by atoms with van der Waals surface area (Å²) in [7, 11) is -4.35. The molecule has 158 valence electrons. The number of esters is 1. The Balaban J connectivity index is 1.78. The van der Waals surface area contributed by atoms with Crippen LogP contribution in [-0.4, -0.2) is 26.0 Å². The highest BCUT2D eigenvalue weighted by Gasteiger charge is 2.27. The fourth-order valence-corrected chi connectivity index (χ4v) is 4.23. The maximum atomic E-state index is 13.1. The normalized spacial score (nSPS) is 11.4. The summed E-state index contributed by atoms with van der Waals surface area (Å²) in [5.41, 5.74) is 2.36. The zero-order chi connectivity index (χ0) is 22.0. The molecule has 0 aliphatic carbocycles. The van der Waals surface area contributed by atoms with E-state index in [1.54, 1.807) is 37.3 Å². The Morgan fingerprint density at radius 1 is 1.03 bits per heavy atom. The number of nitrogens with zero attached hydrogens (tertiary/aromatic N) is 1. The minimum atomic E-state index is -4.35. The number of aromatic nitrogens is 1. The first kappa shape index (κ1) is 20.6. The molecule has 8 heteroatoms. The number of hydrogen-bond donors (Lipinski definition) is 0. The van der Waals surface area contributed by atoms with E-state index in [2.05, 4.69) is 4.98 Å². The van der Waals surface area contributed by atoms with Crippen LogP contribution in [0.1, 0.15) is 22.8 Å². The third-order valence-electron chi connectivity index (χ3n) is 4.51. The van der Waals surface area contributed by atoms with Gasteiger partial charge in [0.15, 0.2) is 11.3 Å². The first-order valence-electron chi connectivity index (χ1n) is 9.56. The highest BCUT2D eigenvalue weighted by atomic mass is 32.2. The molecular weight excluding hydrogens is 418 g/mol. The number of aryl methyl sites for hydroxylation is 1. The van der Waals surface area contributed by atoms with Crippen molar-refractivity contribution < 1.29 is 26.5 Å². The highest BCUT2D eigenvalue weighted by molar-refractivity contribution is 7.87. The van der Waals surface area contributed by atoms with Gasteiger partial charge in [-0.3, -0.25) is 0 Å². The molecule has 0 aliphatic rings. The van der Waals surface area contributed by atoms with E-state index in [9.17, 15) is 13.2 Å². The van der Waals surface area contributed by atoms with Crippen LogP contribution in [0.15, 0.2) is 76.0 Å². The van der Waals surface area contributed by atoms with Gasteiger partial charge in [-0.2, -0.15) is 8.42 Å². The number of rotatable bonds is 6. The molecular formula is C23H19NO6S. The maximum absolute atomic E-state index is 13.1. The average Bonchev–Trinajstić information content (AvgIpc) is 3.19. The van der Waals surface area contributed by atoms with Crippen molar-refractivity contribution in [3.63, 3.8) is 0 Å². The largest absolute Gasteiger partial charge is 0.462 e. The molecule has 0 bridgehead atoms. The first-order chi connectivity index (χ1) is 14.9. The SMILES string of the molecule is CCOC(=O)c1ccccc1S(=O)(=O)Oc1ccc(C)cc1-c1nc2ccccc2o1. The van der Waals surface area contributed by atoms with E-state index in [0.717, 1.165) is 5.56 Å². The molecule has 0 fully saturated rings. The minimum Gasteiger partial charge on any atom is -0.462 e. The minimum absolute atomic E-state index is 0.0378. The second-order valence-corrected chi connectivity index (χ2v) is 8.26. The van der Waals surface area contributed by atoms with Crippen LogP contribution in [0, 0.1) is 6.92 Å². The number of carbonyl (C=O) groups is 1. The van der Waals surface area contributed by atoms with Crippen molar-refractivity contribution in [2.75, 3.05) is 6.61 Å². The fraction of sp³-hybridized carbons (Fsp3) is 0.130. The molecule has 31 heavy (non-hydrogen) atoms. The van der Waals surface area contributed by atoms with Crippen molar-refractivity contribution in [1.82, 2.24) is 4.98 Å². The fourth-order valence-electron chi connectivity index (χ4n) is 3.10. The van der Waals surface area contributed by atoms with Crippen molar-refractivity contribution in [2.45, 2.75) is 18.7 Å². The molecule has 0 spiro atoms. The Hall–Kier alpha value is -3.65. The van der Waals surface area contributed by atoms with Gasteiger partial charge in [-0.05, 0) is 50.2 Å². The van der Waals surface area contributed by atoms with Crippen molar-refractivity contribution in [1.29, 1.82) is 0 Å². The molecule has 0 N–H and O–H groups in total. The van der Waals surface area contributed by atoms with Gasteiger partial charge in [-0.25, -0.2) is 9.78 Å². The summed E-state index contributed by atoms with van der Waals surface area (Å²) in [6.07, 6.45) is 0. The van der Waals surface area contributed by atoms with Crippen molar-refractivity contribution in [3.05, 3.63) is 77.9 Å².